The summed E-state index contributed by atoms with van der Waals surface area (Å²) in [7, 11) is 0. The summed E-state index contributed by atoms with van der Waals surface area (Å²) in [6, 6.07) is 11.3. The highest BCUT2D eigenvalue weighted by Crippen LogP contribution is 2.16. The Bertz CT molecular complexity index is 229. The molecule has 0 spiro atoms. The van der Waals surface area contributed by atoms with Crippen LogP contribution in [-0.2, 0) is 6.42 Å². The van der Waals surface area contributed by atoms with Crippen LogP contribution in [0, 0.1) is 5.88 Å². The van der Waals surface area contributed by atoms with Gasteiger partial charge in [0.15, 0.2) is 0 Å². The average Bonchev–Trinajstić information content (AvgIpc) is 2.59. The summed E-state index contributed by atoms with van der Waals surface area (Å²) in [6.45, 7) is 0. The molecule has 1 fully saturated rings. The van der Waals surface area contributed by atoms with Gasteiger partial charge in [-0.25, -0.2) is 0 Å². The molecule has 1 saturated heterocycles. The van der Waals surface area contributed by atoms with E-state index in [0.29, 0.717) is 6.04 Å². The number of thioether (sulfide) groups is 1. The SMILES string of the molecule is [CH]1NC(Cc2ccccc2)CS1. The van der Waals surface area contributed by atoms with Crippen LogP contribution in [0.3, 0.4) is 0 Å². The van der Waals surface area contributed by atoms with E-state index in [1.54, 1.807) is 0 Å². The summed E-state index contributed by atoms with van der Waals surface area (Å²) in [4.78, 5) is 0. The fraction of sp³-hybridized carbons (Fsp3) is 0.300. The van der Waals surface area contributed by atoms with Crippen LogP contribution in [0.1, 0.15) is 5.56 Å². The van der Waals surface area contributed by atoms with Crippen molar-refractivity contribution < 1.29 is 0 Å². The van der Waals surface area contributed by atoms with Gasteiger partial charge < -0.3 is 0 Å². The van der Waals surface area contributed by atoms with Crippen LogP contribution < -0.4 is 5.32 Å². The van der Waals surface area contributed by atoms with Crippen molar-refractivity contribution >= 4 is 11.8 Å². The van der Waals surface area contributed by atoms with Gasteiger partial charge in [-0.15, -0.1) is 11.8 Å². The molecule has 12 heavy (non-hydrogen) atoms. The molecule has 2 rings (SSSR count). The Morgan fingerprint density at radius 3 is 2.83 bits per heavy atom. The van der Waals surface area contributed by atoms with Gasteiger partial charge in [0.05, 0.1) is 5.88 Å². The minimum Gasteiger partial charge on any atom is -0.299 e. The molecule has 2 heteroatoms. The van der Waals surface area contributed by atoms with Gasteiger partial charge in [0.1, 0.15) is 0 Å². The quantitative estimate of drug-likeness (QED) is 0.744. The van der Waals surface area contributed by atoms with E-state index in [1.807, 2.05) is 11.8 Å². The van der Waals surface area contributed by atoms with Crippen LogP contribution >= 0.6 is 11.8 Å². The van der Waals surface area contributed by atoms with E-state index in [1.165, 1.54) is 11.3 Å². The van der Waals surface area contributed by atoms with Gasteiger partial charge in [0.25, 0.3) is 0 Å². The van der Waals surface area contributed by atoms with E-state index < -0.39 is 0 Å². The maximum atomic E-state index is 3.34. The lowest BCUT2D eigenvalue weighted by Crippen LogP contribution is -2.24. The summed E-state index contributed by atoms with van der Waals surface area (Å²) in [6.07, 6.45) is 1.14. The molecule has 1 N–H and O–H groups in total. The monoisotopic (exact) mass is 178 g/mol. The molecule has 1 aliphatic rings. The first-order valence-corrected chi connectivity index (χ1v) is 5.23. The van der Waals surface area contributed by atoms with Crippen molar-refractivity contribution in [2.75, 3.05) is 5.75 Å². The third-order valence-electron chi connectivity index (χ3n) is 2.01. The Kier molecular flexibility index (Phi) is 2.69. The number of rotatable bonds is 2. The van der Waals surface area contributed by atoms with Crippen LogP contribution in [0.25, 0.3) is 0 Å². The molecule has 1 unspecified atom stereocenters. The lowest BCUT2D eigenvalue weighted by atomic mass is 10.1. The molecular weight excluding hydrogens is 166 g/mol. The number of benzene rings is 1. The summed E-state index contributed by atoms with van der Waals surface area (Å²) < 4.78 is 0. The van der Waals surface area contributed by atoms with E-state index in [2.05, 4.69) is 41.5 Å². The Balaban J connectivity index is 1.94. The van der Waals surface area contributed by atoms with Crippen molar-refractivity contribution in [2.45, 2.75) is 12.5 Å². The van der Waals surface area contributed by atoms with Crippen LogP contribution in [0.4, 0.5) is 0 Å². The molecule has 1 radical (unpaired) electrons. The minimum absolute atomic E-state index is 0.636. The smallest absolute Gasteiger partial charge is 0.0785 e. The molecule has 0 aliphatic carbocycles. The van der Waals surface area contributed by atoms with Crippen molar-refractivity contribution in [1.29, 1.82) is 0 Å². The molecule has 0 saturated carbocycles. The van der Waals surface area contributed by atoms with Crippen molar-refractivity contribution in [1.82, 2.24) is 5.32 Å². The first-order valence-electron chi connectivity index (χ1n) is 4.18. The zero-order chi connectivity index (χ0) is 8.23. The Labute approximate surface area is 77.6 Å². The molecule has 0 aromatic heterocycles. The number of hydrogen-bond acceptors (Lipinski definition) is 2. The van der Waals surface area contributed by atoms with E-state index in [-0.39, 0.29) is 0 Å². The highest BCUT2D eigenvalue weighted by atomic mass is 32.2. The normalized spacial score (nSPS) is 22.8. The molecular formula is C10H12NS. The minimum atomic E-state index is 0.636. The van der Waals surface area contributed by atoms with Gasteiger partial charge in [-0.1, -0.05) is 30.3 Å². The third-order valence-corrected chi connectivity index (χ3v) is 2.91. The average molecular weight is 178 g/mol. The van der Waals surface area contributed by atoms with E-state index in [9.17, 15) is 0 Å². The molecule has 0 amide bonds. The van der Waals surface area contributed by atoms with Gasteiger partial charge in [-0.05, 0) is 12.0 Å². The maximum absolute atomic E-state index is 3.34. The van der Waals surface area contributed by atoms with Crippen molar-refractivity contribution in [3.05, 3.63) is 41.8 Å². The second-order valence-electron chi connectivity index (χ2n) is 3.00. The molecule has 1 heterocycles. The molecule has 1 aromatic carbocycles. The van der Waals surface area contributed by atoms with Crippen LogP contribution in [-0.4, -0.2) is 11.8 Å². The predicted octanol–water partition coefficient (Wildman–Crippen LogP) is 2.05. The van der Waals surface area contributed by atoms with Crippen LogP contribution in [0.5, 0.6) is 0 Å². The Morgan fingerprint density at radius 1 is 1.33 bits per heavy atom. The Hall–Kier alpha value is -0.470. The molecule has 0 bridgehead atoms. The molecule has 1 atom stereocenters. The zero-order valence-electron chi connectivity index (χ0n) is 6.86. The van der Waals surface area contributed by atoms with E-state index in [0.717, 1.165) is 6.42 Å². The van der Waals surface area contributed by atoms with Gasteiger partial charge in [-0.2, -0.15) is 0 Å². The first-order chi connectivity index (χ1) is 5.95. The molecule has 1 nitrogen and oxygen atoms in total. The first kappa shape index (κ1) is 8.14. The highest BCUT2D eigenvalue weighted by Gasteiger charge is 2.14. The summed E-state index contributed by atoms with van der Waals surface area (Å²) in [5.41, 5.74) is 1.42. The summed E-state index contributed by atoms with van der Waals surface area (Å²) in [5.74, 6) is 3.29. The summed E-state index contributed by atoms with van der Waals surface area (Å²) in [5, 5.41) is 3.34. The molecule has 1 aliphatic heterocycles. The largest absolute Gasteiger partial charge is 0.299 e. The maximum Gasteiger partial charge on any atom is 0.0785 e. The van der Waals surface area contributed by atoms with Crippen LogP contribution in [0.2, 0.25) is 0 Å². The topological polar surface area (TPSA) is 12.0 Å². The van der Waals surface area contributed by atoms with E-state index >= 15 is 0 Å². The fourth-order valence-electron chi connectivity index (χ4n) is 1.37. The zero-order valence-corrected chi connectivity index (χ0v) is 7.68. The lowest BCUT2D eigenvalue weighted by Gasteiger charge is -2.07. The van der Waals surface area contributed by atoms with Crippen molar-refractivity contribution in [2.24, 2.45) is 0 Å². The standard InChI is InChI=1S/C10H12NS/c1-2-4-9(5-3-1)6-10-7-12-8-11-10/h1-5,8,10-11H,6-7H2. The second-order valence-corrected chi connectivity index (χ2v) is 3.91. The van der Waals surface area contributed by atoms with Crippen LogP contribution in [0.15, 0.2) is 30.3 Å². The van der Waals surface area contributed by atoms with E-state index in [4.69, 9.17) is 0 Å². The van der Waals surface area contributed by atoms with Gasteiger partial charge >= 0.3 is 0 Å². The predicted molar refractivity (Wildman–Crippen MR) is 53.8 cm³/mol. The Morgan fingerprint density at radius 2 is 2.17 bits per heavy atom. The van der Waals surface area contributed by atoms with Gasteiger partial charge in [0.2, 0.25) is 0 Å². The third kappa shape index (κ3) is 2.02. The van der Waals surface area contributed by atoms with Crippen molar-refractivity contribution in [3.8, 4) is 0 Å². The van der Waals surface area contributed by atoms with Gasteiger partial charge in [-0.3, -0.25) is 5.32 Å². The highest BCUT2D eigenvalue weighted by molar-refractivity contribution is 8.01. The lowest BCUT2D eigenvalue weighted by molar-refractivity contribution is 0.655. The molecule has 63 valence electrons. The fourth-order valence-corrected chi connectivity index (χ4v) is 2.20. The second kappa shape index (κ2) is 3.97. The number of hydrogen-bond donors (Lipinski definition) is 1. The van der Waals surface area contributed by atoms with Crippen molar-refractivity contribution in [3.63, 3.8) is 0 Å². The summed E-state index contributed by atoms with van der Waals surface area (Å²) >= 11 is 1.87. The molecule has 1 aromatic rings. The van der Waals surface area contributed by atoms with Gasteiger partial charge in [0, 0.05) is 11.8 Å². The number of nitrogens with one attached hydrogen (secondary N) is 1.